The molecule has 0 aliphatic carbocycles. The molecule has 0 amide bonds. The lowest BCUT2D eigenvalue weighted by Gasteiger charge is -2.13. The average Bonchev–Trinajstić information content (AvgIpc) is 3.07. The molecule has 0 atom stereocenters. The lowest BCUT2D eigenvalue weighted by atomic mass is 10.2. The highest BCUT2D eigenvalue weighted by atomic mass is 35.5. The summed E-state index contributed by atoms with van der Waals surface area (Å²) in [6.07, 6.45) is -2.90. The summed E-state index contributed by atoms with van der Waals surface area (Å²) in [7, 11) is 0. The number of furan rings is 1. The van der Waals surface area contributed by atoms with Gasteiger partial charge < -0.3 is 15.1 Å². The Labute approximate surface area is 152 Å². The Hall–Kier alpha value is -2.74. The topological polar surface area (TPSA) is 63.0 Å². The lowest BCUT2D eigenvalue weighted by Crippen LogP contribution is -2.07. The molecule has 0 radical (unpaired) electrons. The van der Waals surface area contributed by atoms with Crippen molar-refractivity contribution in [2.45, 2.75) is 19.6 Å². The van der Waals surface area contributed by atoms with Crippen molar-refractivity contribution in [1.29, 1.82) is 0 Å². The predicted octanol–water partition coefficient (Wildman–Crippen LogP) is 5.41. The minimum Gasteiger partial charge on any atom is -0.467 e. The minimum absolute atomic E-state index is 0.108. The van der Waals surface area contributed by atoms with E-state index in [4.69, 9.17) is 16.0 Å². The fraction of sp³-hybridized carbons (Fsp3) is 0.176. The van der Waals surface area contributed by atoms with Crippen LogP contribution < -0.4 is 10.6 Å². The fourth-order valence-corrected chi connectivity index (χ4v) is 2.41. The zero-order valence-electron chi connectivity index (χ0n) is 13.6. The van der Waals surface area contributed by atoms with Crippen molar-refractivity contribution in [2.24, 2.45) is 0 Å². The number of rotatable bonds is 5. The highest BCUT2D eigenvalue weighted by molar-refractivity contribution is 6.33. The highest BCUT2D eigenvalue weighted by Crippen LogP contribution is 2.34. The standard InChI is InChI=1S/C17H14ClF3N4O/c1-10-23-15(22-9-12-3-2-6-26-12)8-16(24-10)25-14-7-11(17(19,20)21)4-5-13(14)18/h2-8H,9H2,1H3,(H2,22,23,24,25). The molecular weight excluding hydrogens is 369 g/mol. The van der Waals surface area contributed by atoms with E-state index >= 15 is 0 Å². The molecule has 0 aliphatic heterocycles. The summed E-state index contributed by atoms with van der Waals surface area (Å²) in [6, 6.07) is 8.21. The van der Waals surface area contributed by atoms with E-state index in [1.54, 1.807) is 25.3 Å². The van der Waals surface area contributed by atoms with Gasteiger partial charge in [-0.05, 0) is 37.3 Å². The molecule has 3 rings (SSSR count). The number of aryl methyl sites for hydroxylation is 1. The lowest BCUT2D eigenvalue weighted by molar-refractivity contribution is -0.137. The number of hydrogen-bond acceptors (Lipinski definition) is 5. The van der Waals surface area contributed by atoms with E-state index in [9.17, 15) is 13.2 Å². The number of alkyl halides is 3. The fourth-order valence-electron chi connectivity index (χ4n) is 2.25. The first-order valence-electron chi connectivity index (χ1n) is 7.57. The Balaban J connectivity index is 1.81. The third kappa shape index (κ3) is 4.45. The van der Waals surface area contributed by atoms with Crippen molar-refractivity contribution in [1.82, 2.24) is 9.97 Å². The van der Waals surface area contributed by atoms with Crippen molar-refractivity contribution in [3.8, 4) is 0 Å². The van der Waals surface area contributed by atoms with Crippen LogP contribution in [-0.2, 0) is 12.7 Å². The molecule has 9 heteroatoms. The monoisotopic (exact) mass is 382 g/mol. The Bertz CT molecular complexity index is 898. The summed E-state index contributed by atoms with van der Waals surface area (Å²) in [6.45, 7) is 2.09. The molecular formula is C17H14ClF3N4O. The molecule has 2 heterocycles. The van der Waals surface area contributed by atoms with Gasteiger partial charge in [0.15, 0.2) is 0 Å². The van der Waals surface area contributed by atoms with E-state index < -0.39 is 11.7 Å². The van der Waals surface area contributed by atoms with Crippen molar-refractivity contribution in [3.05, 3.63) is 64.8 Å². The van der Waals surface area contributed by atoms with Crippen molar-refractivity contribution >= 4 is 28.9 Å². The number of benzene rings is 1. The van der Waals surface area contributed by atoms with Gasteiger partial charge in [0.2, 0.25) is 0 Å². The van der Waals surface area contributed by atoms with E-state index in [0.29, 0.717) is 24.0 Å². The molecule has 2 N–H and O–H groups in total. The second-order valence-corrected chi connectivity index (χ2v) is 5.84. The minimum atomic E-state index is -4.46. The summed E-state index contributed by atoms with van der Waals surface area (Å²) < 4.78 is 43.9. The van der Waals surface area contributed by atoms with Crippen LogP contribution in [0.15, 0.2) is 47.1 Å². The van der Waals surface area contributed by atoms with Crippen molar-refractivity contribution in [3.63, 3.8) is 0 Å². The van der Waals surface area contributed by atoms with Crippen LogP contribution in [-0.4, -0.2) is 9.97 Å². The second kappa shape index (κ2) is 7.25. The number of halogens is 4. The van der Waals surface area contributed by atoms with Crippen LogP contribution in [0.1, 0.15) is 17.1 Å². The average molecular weight is 383 g/mol. The molecule has 5 nitrogen and oxygen atoms in total. The molecule has 26 heavy (non-hydrogen) atoms. The van der Waals surface area contributed by atoms with Gasteiger partial charge in [0.25, 0.3) is 0 Å². The van der Waals surface area contributed by atoms with Crippen LogP contribution in [0.3, 0.4) is 0 Å². The largest absolute Gasteiger partial charge is 0.467 e. The van der Waals surface area contributed by atoms with Crippen LogP contribution in [0, 0.1) is 6.92 Å². The molecule has 0 aliphatic rings. The zero-order chi connectivity index (χ0) is 18.7. The van der Waals surface area contributed by atoms with Crippen LogP contribution in [0.25, 0.3) is 0 Å². The maximum absolute atomic E-state index is 12.9. The molecule has 136 valence electrons. The second-order valence-electron chi connectivity index (χ2n) is 5.44. The summed E-state index contributed by atoms with van der Waals surface area (Å²) in [5.74, 6) is 1.98. The van der Waals surface area contributed by atoms with Crippen LogP contribution in [0.4, 0.5) is 30.5 Å². The maximum atomic E-state index is 12.9. The van der Waals surface area contributed by atoms with E-state index in [0.717, 1.165) is 17.9 Å². The molecule has 0 spiro atoms. The van der Waals surface area contributed by atoms with Gasteiger partial charge >= 0.3 is 6.18 Å². The smallest absolute Gasteiger partial charge is 0.416 e. The number of hydrogen-bond donors (Lipinski definition) is 2. The van der Waals surface area contributed by atoms with Crippen molar-refractivity contribution < 1.29 is 17.6 Å². The molecule has 0 saturated heterocycles. The van der Waals surface area contributed by atoms with Gasteiger partial charge in [0.05, 0.1) is 29.1 Å². The number of aromatic nitrogens is 2. The van der Waals surface area contributed by atoms with Gasteiger partial charge in [0, 0.05) is 6.07 Å². The molecule has 0 unspecified atom stereocenters. The number of anilines is 3. The first-order chi connectivity index (χ1) is 12.3. The molecule has 3 aromatic rings. The molecule has 0 bridgehead atoms. The SMILES string of the molecule is Cc1nc(NCc2ccco2)cc(Nc2cc(C(F)(F)F)ccc2Cl)n1. The molecule has 2 aromatic heterocycles. The van der Waals surface area contributed by atoms with E-state index in [-0.39, 0.29) is 10.7 Å². The van der Waals surface area contributed by atoms with Crippen LogP contribution in [0.2, 0.25) is 5.02 Å². The first kappa shape index (κ1) is 18.1. The van der Waals surface area contributed by atoms with E-state index in [1.807, 2.05) is 6.07 Å². The Morgan fingerprint density at radius 1 is 1.12 bits per heavy atom. The summed E-state index contributed by atoms with van der Waals surface area (Å²) in [4.78, 5) is 8.42. The molecule has 0 saturated carbocycles. The third-order valence-corrected chi connectivity index (χ3v) is 3.75. The van der Waals surface area contributed by atoms with Crippen molar-refractivity contribution in [2.75, 3.05) is 10.6 Å². The van der Waals surface area contributed by atoms with Gasteiger partial charge in [-0.25, -0.2) is 9.97 Å². The van der Waals surface area contributed by atoms with Gasteiger partial charge in [-0.15, -0.1) is 0 Å². The summed E-state index contributed by atoms with van der Waals surface area (Å²) in [5, 5.41) is 6.03. The third-order valence-electron chi connectivity index (χ3n) is 3.42. The summed E-state index contributed by atoms with van der Waals surface area (Å²) in [5.41, 5.74) is -0.692. The highest BCUT2D eigenvalue weighted by Gasteiger charge is 2.31. The van der Waals surface area contributed by atoms with Crippen LogP contribution >= 0.6 is 11.6 Å². The Morgan fingerprint density at radius 2 is 1.88 bits per heavy atom. The Kier molecular flexibility index (Phi) is 5.03. The quantitative estimate of drug-likeness (QED) is 0.618. The van der Waals surface area contributed by atoms with Gasteiger partial charge in [-0.3, -0.25) is 0 Å². The Morgan fingerprint density at radius 3 is 2.58 bits per heavy atom. The molecule has 0 fully saturated rings. The van der Waals surface area contributed by atoms with Gasteiger partial charge in [-0.1, -0.05) is 11.6 Å². The summed E-state index contributed by atoms with van der Waals surface area (Å²) >= 11 is 6.00. The predicted molar refractivity (Wildman–Crippen MR) is 92.5 cm³/mol. The van der Waals surface area contributed by atoms with Gasteiger partial charge in [-0.2, -0.15) is 13.2 Å². The van der Waals surface area contributed by atoms with Crippen LogP contribution in [0.5, 0.6) is 0 Å². The number of nitrogens with one attached hydrogen (secondary N) is 2. The number of nitrogens with zero attached hydrogens (tertiary/aromatic N) is 2. The first-order valence-corrected chi connectivity index (χ1v) is 7.95. The normalized spacial score (nSPS) is 11.4. The van der Waals surface area contributed by atoms with E-state index in [1.165, 1.54) is 6.07 Å². The molecule has 1 aromatic carbocycles. The van der Waals surface area contributed by atoms with Gasteiger partial charge in [0.1, 0.15) is 23.2 Å². The maximum Gasteiger partial charge on any atom is 0.416 e. The van der Waals surface area contributed by atoms with E-state index in [2.05, 4.69) is 20.6 Å². The zero-order valence-corrected chi connectivity index (χ0v) is 14.3.